The number of carboxylic acids is 1. The lowest BCUT2D eigenvalue weighted by molar-refractivity contribution is -0.134. The topological polar surface area (TPSA) is 77.8 Å². The minimum atomic E-state index is -0.833. The van der Waals surface area contributed by atoms with E-state index < -0.39 is 5.97 Å². The van der Waals surface area contributed by atoms with E-state index in [1.54, 1.807) is 6.92 Å². The molecular formula is C14H29NO4. The second-order valence-electron chi connectivity index (χ2n) is 4.35. The summed E-state index contributed by atoms with van der Waals surface area (Å²) in [5.74, 6) is -0.571. The van der Waals surface area contributed by atoms with Crippen molar-refractivity contribution in [2.75, 3.05) is 13.1 Å². The van der Waals surface area contributed by atoms with Gasteiger partial charge in [0.25, 0.3) is 5.97 Å². The fraction of sp³-hybridized carbons (Fsp3) is 0.857. The first kappa shape index (κ1) is 20.2. The Morgan fingerprint density at radius 3 is 2.00 bits per heavy atom. The van der Waals surface area contributed by atoms with E-state index in [1.165, 1.54) is 0 Å². The maximum atomic E-state index is 11.5. The first-order valence-corrected chi connectivity index (χ1v) is 7.09. The number of amides is 1. The summed E-state index contributed by atoms with van der Waals surface area (Å²) in [6, 6.07) is 0. The van der Waals surface area contributed by atoms with Crippen molar-refractivity contribution in [3.8, 4) is 0 Å². The molecular weight excluding hydrogens is 246 g/mol. The highest BCUT2D eigenvalue weighted by Crippen LogP contribution is 2.11. The van der Waals surface area contributed by atoms with Gasteiger partial charge in [0.15, 0.2) is 0 Å². The van der Waals surface area contributed by atoms with Crippen LogP contribution in [0.25, 0.3) is 0 Å². The average molecular weight is 275 g/mol. The molecule has 5 heteroatoms. The molecule has 0 bridgehead atoms. The molecule has 0 spiro atoms. The molecule has 1 fully saturated rings. The van der Waals surface area contributed by atoms with Gasteiger partial charge < -0.3 is 15.1 Å². The van der Waals surface area contributed by atoms with Crippen LogP contribution in [0.3, 0.4) is 0 Å². The second-order valence-corrected chi connectivity index (χ2v) is 4.35. The number of carboxylic acid groups (broad SMARTS) is 1. The van der Waals surface area contributed by atoms with Crippen molar-refractivity contribution in [3.63, 3.8) is 0 Å². The van der Waals surface area contributed by atoms with E-state index in [1.807, 2.05) is 18.7 Å². The fourth-order valence-corrected chi connectivity index (χ4v) is 1.67. The van der Waals surface area contributed by atoms with Crippen LogP contribution < -0.4 is 0 Å². The van der Waals surface area contributed by atoms with E-state index in [-0.39, 0.29) is 12.0 Å². The Morgan fingerprint density at radius 2 is 1.63 bits per heavy atom. The first-order valence-electron chi connectivity index (χ1n) is 7.09. The summed E-state index contributed by atoms with van der Waals surface area (Å²) in [7, 11) is 0. The molecule has 0 aromatic rings. The number of aliphatic hydroxyl groups is 1. The second kappa shape index (κ2) is 13.3. The lowest BCUT2D eigenvalue weighted by Gasteiger charge is -2.14. The maximum absolute atomic E-state index is 11.5. The Hall–Kier alpha value is -1.10. The SMILES string of the molecule is CC.CC(=O)O.CC(O)CCCC(=O)N1CCCC1. The van der Waals surface area contributed by atoms with Crippen molar-refractivity contribution in [3.05, 3.63) is 0 Å². The molecule has 1 saturated heterocycles. The Morgan fingerprint density at radius 1 is 1.21 bits per heavy atom. The highest BCUT2D eigenvalue weighted by atomic mass is 16.4. The molecule has 0 saturated carbocycles. The normalized spacial score (nSPS) is 14.7. The summed E-state index contributed by atoms with van der Waals surface area (Å²) in [6.07, 6.45) is 4.19. The van der Waals surface area contributed by atoms with Crippen molar-refractivity contribution >= 4 is 11.9 Å². The third kappa shape index (κ3) is 14.8. The Bertz CT molecular complexity index is 232. The van der Waals surface area contributed by atoms with Crippen LogP contribution in [0, 0.1) is 0 Å². The molecule has 1 aliphatic rings. The molecule has 0 aromatic carbocycles. The van der Waals surface area contributed by atoms with E-state index in [4.69, 9.17) is 15.0 Å². The number of aliphatic hydroxyl groups excluding tert-OH is 1. The van der Waals surface area contributed by atoms with Gasteiger partial charge in [-0.25, -0.2) is 0 Å². The van der Waals surface area contributed by atoms with Crippen LogP contribution in [0.5, 0.6) is 0 Å². The molecule has 2 N–H and O–H groups in total. The zero-order chi connectivity index (χ0) is 15.3. The average Bonchev–Trinajstić information content (AvgIpc) is 2.83. The number of hydrogen-bond donors (Lipinski definition) is 2. The lowest BCUT2D eigenvalue weighted by atomic mass is 10.1. The van der Waals surface area contributed by atoms with Crippen molar-refractivity contribution < 1.29 is 19.8 Å². The molecule has 1 aliphatic heterocycles. The zero-order valence-corrected chi connectivity index (χ0v) is 12.7. The minimum absolute atomic E-state index is 0.262. The molecule has 1 amide bonds. The molecule has 19 heavy (non-hydrogen) atoms. The van der Waals surface area contributed by atoms with Crippen molar-refractivity contribution in [2.24, 2.45) is 0 Å². The van der Waals surface area contributed by atoms with Gasteiger partial charge in [-0.15, -0.1) is 0 Å². The lowest BCUT2D eigenvalue weighted by Crippen LogP contribution is -2.27. The van der Waals surface area contributed by atoms with Crippen LogP contribution in [0.15, 0.2) is 0 Å². The molecule has 1 unspecified atom stereocenters. The summed E-state index contributed by atoms with van der Waals surface area (Å²) < 4.78 is 0. The summed E-state index contributed by atoms with van der Waals surface area (Å²) in [4.78, 5) is 22.4. The number of aliphatic carboxylic acids is 1. The van der Waals surface area contributed by atoms with Crippen LogP contribution in [0.1, 0.15) is 59.8 Å². The predicted molar refractivity (Wildman–Crippen MR) is 76.0 cm³/mol. The molecule has 1 heterocycles. The molecule has 0 aromatic heterocycles. The monoisotopic (exact) mass is 275 g/mol. The van der Waals surface area contributed by atoms with E-state index in [2.05, 4.69) is 0 Å². The number of carbonyl (C=O) groups excluding carboxylic acids is 1. The molecule has 1 rings (SSSR count). The zero-order valence-electron chi connectivity index (χ0n) is 12.7. The number of nitrogens with zero attached hydrogens (tertiary/aromatic N) is 1. The number of carbonyl (C=O) groups is 2. The molecule has 114 valence electrons. The van der Waals surface area contributed by atoms with Gasteiger partial charge in [-0.1, -0.05) is 13.8 Å². The third-order valence-electron chi connectivity index (χ3n) is 2.47. The van der Waals surface area contributed by atoms with Gasteiger partial charge in [0.2, 0.25) is 5.91 Å². The van der Waals surface area contributed by atoms with Crippen molar-refractivity contribution in [1.82, 2.24) is 4.90 Å². The minimum Gasteiger partial charge on any atom is -0.481 e. The quantitative estimate of drug-likeness (QED) is 0.825. The van der Waals surface area contributed by atoms with Crippen LogP contribution in [-0.4, -0.2) is 46.2 Å². The van der Waals surface area contributed by atoms with E-state index >= 15 is 0 Å². The Balaban J connectivity index is 0. The van der Waals surface area contributed by atoms with Gasteiger partial charge in [-0.2, -0.15) is 0 Å². The Kier molecular flexibility index (Phi) is 14.2. The van der Waals surface area contributed by atoms with Crippen LogP contribution in [-0.2, 0) is 9.59 Å². The highest BCUT2D eigenvalue weighted by molar-refractivity contribution is 5.76. The summed E-state index contributed by atoms with van der Waals surface area (Å²) in [5.41, 5.74) is 0. The Labute approximate surface area is 116 Å². The van der Waals surface area contributed by atoms with Gasteiger partial charge in [-0.05, 0) is 32.6 Å². The van der Waals surface area contributed by atoms with Crippen LogP contribution >= 0.6 is 0 Å². The fourth-order valence-electron chi connectivity index (χ4n) is 1.67. The molecule has 1 atom stereocenters. The first-order chi connectivity index (χ1) is 8.93. The molecule has 5 nitrogen and oxygen atoms in total. The third-order valence-corrected chi connectivity index (χ3v) is 2.47. The van der Waals surface area contributed by atoms with E-state index in [0.717, 1.165) is 45.7 Å². The molecule has 0 aliphatic carbocycles. The summed E-state index contributed by atoms with van der Waals surface area (Å²) in [5, 5.41) is 16.4. The number of hydrogen-bond acceptors (Lipinski definition) is 3. The van der Waals surface area contributed by atoms with E-state index in [9.17, 15) is 4.79 Å². The van der Waals surface area contributed by atoms with Crippen molar-refractivity contribution in [1.29, 1.82) is 0 Å². The van der Waals surface area contributed by atoms with Crippen LogP contribution in [0.4, 0.5) is 0 Å². The summed E-state index contributed by atoms with van der Waals surface area (Å²) >= 11 is 0. The van der Waals surface area contributed by atoms with E-state index in [0.29, 0.717) is 6.42 Å². The van der Waals surface area contributed by atoms with Gasteiger partial charge in [0, 0.05) is 26.4 Å². The number of likely N-dealkylation sites (tertiary alicyclic amines) is 1. The van der Waals surface area contributed by atoms with Gasteiger partial charge in [-0.3, -0.25) is 9.59 Å². The largest absolute Gasteiger partial charge is 0.481 e. The number of rotatable bonds is 4. The smallest absolute Gasteiger partial charge is 0.300 e. The van der Waals surface area contributed by atoms with Crippen molar-refractivity contribution in [2.45, 2.75) is 65.9 Å². The maximum Gasteiger partial charge on any atom is 0.300 e. The van der Waals surface area contributed by atoms with Gasteiger partial charge >= 0.3 is 0 Å². The highest BCUT2D eigenvalue weighted by Gasteiger charge is 2.16. The molecule has 0 radical (unpaired) electrons. The van der Waals surface area contributed by atoms with Gasteiger partial charge in [0.1, 0.15) is 0 Å². The predicted octanol–water partition coefficient (Wildman–Crippen LogP) is 2.28. The van der Waals surface area contributed by atoms with Gasteiger partial charge in [0.05, 0.1) is 6.10 Å². The summed E-state index contributed by atoms with van der Waals surface area (Å²) in [6.45, 7) is 8.72. The van der Waals surface area contributed by atoms with Crippen LogP contribution in [0.2, 0.25) is 0 Å². The standard InChI is InChI=1S/C10H19NO2.C2H4O2.C2H6/c1-9(12)5-4-6-10(13)11-7-2-3-8-11;1-2(3)4;1-2/h9,12H,2-8H2,1H3;1H3,(H,3,4);1-2H3.